The monoisotopic (exact) mass is 410 g/mol. The van der Waals surface area contributed by atoms with Crippen molar-refractivity contribution in [2.24, 2.45) is 7.05 Å². The number of amides is 1. The molecular weight excluding hydrogens is 383 g/mol. The van der Waals surface area contributed by atoms with Crippen molar-refractivity contribution in [2.45, 2.75) is 50.2 Å². The molecule has 154 valence electrons. The van der Waals surface area contributed by atoms with Gasteiger partial charge >= 0.3 is 7.82 Å². The number of carbonyl (C=O) groups excluding carboxylic acids is 1. The third-order valence-corrected chi connectivity index (χ3v) is 5.65. The van der Waals surface area contributed by atoms with Crippen LogP contribution in [0.1, 0.15) is 42.6 Å². The highest BCUT2D eigenvalue weighted by molar-refractivity contribution is 7.45. The highest BCUT2D eigenvalue weighted by atomic mass is 31.2. The normalized spacial score (nSPS) is 25.1. The molecule has 28 heavy (non-hydrogen) atoms. The number of fused-ring (bicyclic) bond motifs is 3. The molecule has 1 aromatic carbocycles. The Kier molecular flexibility index (Phi) is 6.21. The summed E-state index contributed by atoms with van der Waals surface area (Å²) in [6, 6.07) is 9.42. The molecule has 9 nitrogen and oxygen atoms in total. The van der Waals surface area contributed by atoms with E-state index in [-0.39, 0.29) is 11.9 Å². The third-order valence-electron chi connectivity index (χ3n) is 5.65. The van der Waals surface area contributed by atoms with Gasteiger partial charge in [0.1, 0.15) is 0 Å². The van der Waals surface area contributed by atoms with Crippen LogP contribution in [0.3, 0.4) is 0 Å². The minimum atomic E-state index is -4.64. The van der Waals surface area contributed by atoms with Gasteiger partial charge in [-0.15, -0.1) is 0 Å². The van der Waals surface area contributed by atoms with Gasteiger partial charge in [-0.3, -0.25) is 9.48 Å². The predicted molar refractivity (Wildman–Crippen MR) is 105 cm³/mol. The number of nitrogens with one attached hydrogen (secondary N) is 1. The van der Waals surface area contributed by atoms with Crippen molar-refractivity contribution >= 4 is 24.6 Å². The van der Waals surface area contributed by atoms with E-state index < -0.39 is 7.82 Å². The molecule has 2 aromatic rings. The summed E-state index contributed by atoms with van der Waals surface area (Å²) in [7, 11) is -0.516. The van der Waals surface area contributed by atoms with Crippen molar-refractivity contribution in [1.82, 2.24) is 20.0 Å². The fraction of sp³-hybridized carbons (Fsp3) is 0.556. The number of phosphoric acid groups is 1. The van der Waals surface area contributed by atoms with Gasteiger partial charge in [0.15, 0.2) is 5.69 Å². The molecule has 0 saturated carbocycles. The van der Waals surface area contributed by atoms with Crippen LogP contribution < -0.4 is 5.32 Å². The zero-order valence-corrected chi connectivity index (χ0v) is 16.9. The standard InChI is InChI=1S/C18H24N4O.H3O4P/c1-21-13-6-5-7-14(21)11-12(10-13)19-18(23)17-15-8-3-4-9-16(15)22(2)20-17;1-5(2,3)4/h3-4,8-9,12-14H,5-7,10-11H2,1-2H3,(H,19,23);(H3,1,2,3,4)/t13-,14-;/m0./s1. The maximum atomic E-state index is 12.7. The van der Waals surface area contributed by atoms with Crippen molar-refractivity contribution < 1.29 is 24.0 Å². The molecule has 0 unspecified atom stereocenters. The number of rotatable bonds is 2. The Hall–Kier alpha value is -1.77. The topological polar surface area (TPSA) is 128 Å². The highest BCUT2D eigenvalue weighted by Crippen LogP contribution is 2.32. The number of carbonyl (C=O) groups is 1. The van der Waals surface area contributed by atoms with Crippen LogP contribution in [0.5, 0.6) is 0 Å². The summed E-state index contributed by atoms with van der Waals surface area (Å²) in [5.74, 6) is -0.0329. The molecule has 3 heterocycles. The fourth-order valence-corrected chi connectivity index (χ4v) is 4.37. The van der Waals surface area contributed by atoms with Crippen LogP contribution in [0.4, 0.5) is 0 Å². The fourth-order valence-electron chi connectivity index (χ4n) is 4.37. The number of piperidine rings is 2. The van der Waals surface area contributed by atoms with Gasteiger partial charge in [0.05, 0.1) is 5.52 Å². The number of hydrogen-bond acceptors (Lipinski definition) is 4. The number of benzene rings is 1. The van der Waals surface area contributed by atoms with Crippen molar-refractivity contribution in [3.8, 4) is 0 Å². The molecule has 4 rings (SSSR count). The molecule has 4 N–H and O–H groups in total. The SMILES string of the molecule is CN1[C@H]2CCC[C@H]1CC(NC(=O)c1nn(C)c3ccccc13)C2.O=P(O)(O)O. The van der Waals surface area contributed by atoms with E-state index in [0.29, 0.717) is 17.8 Å². The molecule has 0 spiro atoms. The molecular formula is C18H27N4O5P. The van der Waals surface area contributed by atoms with Gasteiger partial charge in [-0.2, -0.15) is 5.10 Å². The average Bonchev–Trinajstić information content (AvgIpc) is 2.92. The van der Waals surface area contributed by atoms with Crippen LogP contribution in [0.25, 0.3) is 10.9 Å². The summed E-state index contributed by atoms with van der Waals surface area (Å²) in [5, 5.41) is 8.62. The van der Waals surface area contributed by atoms with Crippen LogP contribution in [0.2, 0.25) is 0 Å². The zero-order valence-electron chi connectivity index (χ0n) is 16.0. The molecule has 2 atom stereocenters. The van der Waals surface area contributed by atoms with Gasteiger partial charge in [0.25, 0.3) is 5.91 Å². The first-order valence-electron chi connectivity index (χ1n) is 9.36. The van der Waals surface area contributed by atoms with Gasteiger partial charge < -0.3 is 24.9 Å². The largest absolute Gasteiger partial charge is 0.466 e. The number of aryl methyl sites for hydroxylation is 1. The summed E-state index contributed by atoms with van der Waals surface area (Å²) in [5.41, 5.74) is 1.55. The van der Waals surface area contributed by atoms with Gasteiger partial charge in [-0.05, 0) is 38.8 Å². The minimum Gasteiger partial charge on any atom is -0.348 e. The zero-order chi connectivity index (χ0) is 20.5. The van der Waals surface area contributed by atoms with Crippen LogP contribution in [0.15, 0.2) is 24.3 Å². The molecule has 2 fully saturated rings. The number of nitrogens with zero attached hydrogens (tertiary/aromatic N) is 3. The lowest BCUT2D eigenvalue weighted by molar-refractivity contribution is 0.0462. The van der Waals surface area contributed by atoms with E-state index >= 15 is 0 Å². The van der Waals surface area contributed by atoms with E-state index in [1.165, 1.54) is 19.3 Å². The molecule has 2 bridgehead atoms. The molecule has 0 aliphatic carbocycles. The van der Waals surface area contributed by atoms with Crippen LogP contribution in [-0.4, -0.2) is 60.4 Å². The van der Waals surface area contributed by atoms with E-state index in [2.05, 4.69) is 22.4 Å². The van der Waals surface area contributed by atoms with Crippen molar-refractivity contribution in [3.63, 3.8) is 0 Å². The van der Waals surface area contributed by atoms with Gasteiger partial charge in [0.2, 0.25) is 0 Å². The van der Waals surface area contributed by atoms with Gasteiger partial charge in [-0.25, -0.2) is 4.57 Å². The second-order valence-corrected chi connectivity index (χ2v) is 8.58. The Morgan fingerprint density at radius 2 is 1.71 bits per heavy atom. The number of hydrogen-bond donors (Lipinski definition) is 4. The number of para-hydroxylation sites is 1. The third kappa shape index (κ3) is 4.98. The Balaban J connectivity index is 0.000000403. The summed E-state index contributed by atoms with van der Waals surface area (Å²) in [4.78, 5) is 36.8. The van der Waals surface area contributed by atoms with Crippen LogP contribution in [0, 0.1) is 0 Å². The van der Waals surface area contributed by atoms with E-state index in [1.54, 1.807) is 4.68 Å². The van der Waals surface area contributed by atoms with Crippen molar-refractivity contribution in [2.75, 3.05) is 7.05 Å². The quantitative estimate of drug-likeness (QED) is 0.551. The molecule has 0 radical (unpaired) electrons. The second-order valence-electron chi connectivity index (χ2n) is 7.55. The van der Waals surface area contributed by atoms with Crippen molar-refractivity contribution in [3.05, 3.63) is 30.0 Å². The Labute approximate surface area is 163 Å². The molecule has 2 aliphatic rings. The molecule has 1 aromatic heterocycles. The maximum Gasteiger partial charge on any atom is 0.466 e. The van der Waals surface area contributed by atoms with E-state index in [1.807, 2.05) is 31.3 Å². The Morgan fingerprint density at radius 1 is 1.14 bits per heavy atom. The second kappa shape index (κ2) is 8.31. The first kappa shape index (κ1) is 21.0. The molecule has 10 heteroatoms. The first-order chi connectivity index (χ1) is 13.1. The molecule has 2 aliphatic heterocycles. The average molecular weight is 410 g/mol. The summed E-state index contributed by atoms with van der Waals surface area (Å²) >= 11 is 0. The Bertz CT molecular complexity index is 873. The molecule has 2 saturated heterocycles. The predicted octanol–water partition coefficient (Wildman–Crippen LogP) is 1.39. The lowest BCUT2D eigenvalue weighted by Crippen LogP contribution is -2.55. The van der Waals surface area contributed by atoms with Crippen LogP contribution in [-0.2, 0) is 11.6 Å². The van der Waals surface area contributed by atoms with Crippen LogP contribution >= 0.6 is 7.82 Å². The summed E-state index contributed by atoms with van der Waals surface area (Å²) in [6.07, 6.45) is 5.95. The van der Waals surface area contributed by atoms with E-state index in [4.69, 9.17) is 19.2 Å². The smallest absolute Gasteiger partial charge is 0.348 e. The maximum absolute atomic E-state index is 12.7. The van der Waals surface area contributed by atoms with Crippen molar-refractivity contribution in [1.29, 1.82) is 0 Å². The van der Waals surface area contributed by atoms with Gasteiger partial charge in [0, 0.05) is 30.6 Å². The lowest BCUT2D eigenvalue weighted by atomic mass is 9.82. The van der Waals surface area contributed by atoms with Gasteiger partial charge in [-0.1, -0.05) is 24.6 Å². The summed E-state index contributed by atoms with van der Waals surface area (Å²) in [6.45, 7) is 0. The molecule has 1 amide bonds. The highest BCUT2D eigenvalue weighted by Gasteiger charge is 2.36. The van der Waals surface area contributed by atoms with E-state index in [9.17, 15) is 4.79 Å². The lowest BCUT2D eigenvalue weighted by Gasteiger charge is -2.47. The minimum absolute atomic E-state index is 0.0329. The van der Waals surface area contributed by atoms with E-state index in [0.717, 1.165) is 23.7 Å². The first-order valence-corrected chi connectivity index (χ1v) is 10.9. The number of aromatic nitrogens is 2. The summed E-state index contributed by atoms with van der Waals surface area (Å²) < 4.78 is 10.7. The Morgan fingerprint density at radius 3 is 2.32 bits per heavy atom.